The van der Waals surface area contributed by atoms with E-state index in [9.17, 15) is 0 Å². The van der Waals surface area contributed by atoms with Crippen molar-refractivity contribution in [3.63, 3.8) is 0 Å². The summed E-state index contributed by atoms with van der Waals surface area (Å²) in [6.07, 6.45) is 0.674. The third-order valence-electron chi connectivity index (χ3n) is 2.34. The molecule has 0 atom stereocenters. The first-order valence-electron chi connectivity index (χ1n) is 4.87. The van der Waals surface area contributed by atoms with Crippen LogP contribution in [0, 0.1) is 0 Å². The lowest BCUT2D eigenvalue weighted by Gasteiger charge is -2.04. The first-order chi connectivity index (χ1) is 7.74. The zero-order valence-corrected chi connectivity index (χ0v) is 12.4. The summed E-state index contributed by atoms with van der Waals surface area (Å²) in [5.41, 5.74) is 3.54. The number of hydrogen-bond donors (Lipinski definition) is 1. The number of benzene rings is 1. The fourth-order valence-electron chi connectivity index (χ4n) is 1.64. The third kappa shape index (κ3) is 2.40. The van der Waals surface area contributed by atoms with Gasteiger partial charge in [0.05, 0.1) is 7.57 Å². The van der Waals surface area contributed by atoms with Gasteiger partial charge in [-0.2, -0.15) is 0 Å². The molecular weight excluding hydrogens is 352 g/mol. The van der Waals surface area contributed by atoms with Crippen LogP contribution in [-0.4, -0.2) is 11.7 Å². The van der Waals surface area contributed by atoms with E-state index in [1.807, 2.05) is 18.2 Å². The van der Waals surface area contributed by atoms with Crippen molar-refractivity contribution in [1.29, 1.82) is 0 Å². The number of aliphatic hydroxyl groups excluding tert-OH is 1. The Hall–Kier alpha value is -0.160. The maximum atomic E-state index is 9.09. The summed E-state index contributed by atoms with van der Waals surface area (Å²) in [5, 5.41) is 9.09. The molecule has 1 N–H and O–H groups in total. The van der Waals surface area contributed by atoms with E-state index in [0.717, 1.165) is 7.57 Å². The van der Waals surface area contributed by atoms with E-state index < -0.39 is 0 Å². The Balaban J connectivity index is 2.55. The molecule has 0 saturated heterocycles. The molecule has 4 heteroatoms. The molecule has 0 aliphatic heterocycles. The van der Waals surface area contributed by atoms with Crippen LogP contribution < -0.4 is 0 Å². The van der Waals surface area contributed by atoms with Crippen LogP contribution in [0.4, 0.5) is 0 Å². The Morgan fingerprint density at radius 2 is 1.75 bits per heavy atom. The number of aliphatic hydroxyl groups is 1. The lowest BCUT2D eigenvalue weighted by atomic mass is 10.0. The summed E-state index contributed by atoms with van der Waals surface area (Å²) in [7, 11) is 0. The summed E-state index contributed by atoms with van der Waals surface area (Å²) < 4.78 is 2.20. The van der Waals surface area contributed by atoms with Gasteiger partial charge in [0.15, 0.2) is 0 Å². The topological polar surface area (TPSA) is 20.2 Å². The zero-order chi connectivity index (χ0) is 11.5. The van der Waals surface area contributed by atoms with Crippen molar-refractivity contribution < 1.29 is 5.11 Å². The SMILES string of the molecule is OCCc1c(Br)sc(Br)c1-c1ccccc1. The van der Waals surface area contributed by atoms with Crippen molar-refractivity contribution in [3.8, 4) is 11.1 Å². The van der Waals surface area contributed by atoms with Crippen molar-refractivity contribution in [2.75, 3.05) is 6.61 Å². The summed E-state index contributed by atoms with van der Waals surface area (Å²) in [5.74, 6) is 0. The maximum absolute atomic E-state index is 9.09. The van der Waals surface area contributed by atoms with E-state index in [1.54, 1.807) is 11.3 Å². The number of rotatable bonds is 3. The van der Waals surface area contributed by atoms with Crippen LogP contribution in [0.2, 0.25) is 0 Å². The predicted octanol–water partition coefficient (Wildman–Crippen LogP) is 4.47. The fourth-order valence-corrected chi connectivity index (χ4v) is 4.95. The van der Waals surface area contributed by atoms with Crippen LogP contribution in [0.25, 0.3) is 11.1 Å². The smallest absolute Gasteiger partial charge is 0.0791 e. The van der Waals surface area contributed by atoms with Crippen molar-refractivity contribution >= 4 is 43.2 Å². The van der Waals surface area contributed by atoms with Gasteiger partial charge < -0.3 is 5.11 Å². The molecule has 16 heavy (non-hydrogen) atoms. The van der Waals surface area contributed by atoms with E-state index in [-0.39, 0.29) is 6.61 Å². The van der Waals surface area contributed by atoms with E-state index in [0.29, 0.717) is 6.42 Å². The predicted molar refractivity (Wildman–Crippen MR) is 75.9 cm³/mol. The first kappa shape index (κ1) is 12.3. The van der Waals surface area contributed by atoms with Crippen LogP contribution in [0.15, 0.2) is 37.9 Å². The molecule has 84 valence electrons. The van der Waals surface area contributed by atoms with Gasteiger partial charge in [0, 0.05) is 12.2 Å². The zero-order valence-electron chi connectivity index (χ0n) is 8.41. The van der Waals surface area contributed by atoms with Crippen LogP contribution in [0.3, 0.4) is 0 Å². The Morgan fingerprint density at radius 1 is 1.06 bits per heavy atom. The van der Waals surface area contributed by atoms with Gasteiger partial charge in [-0.25, -0.2) is 0 Å². The van der Waals surface area contributed by atoms with E-state index in [2.05, 4.69) is 44.0 Å². The molecule has 2 aromatic rings. The van der Waals surface area contributed by atoms with Gasteiger partial charge in [-0.05, 0) is 49.4 Å². The molecular formula is C12H10Br2OS. The average molecular weight is 362 g/mol. The normalized spacial score (nSPS) is 10.7. The van der Waals surface area contributed by atoms with Gasteiger partial charge in [0.1, 0.15) is 0 Å². The van der Waals surface area contributed by atoms with Gasteiger partial charge in [0.25, 0.3) is 0 Å². The summed E-state index contributed by atoms with van der Waals surface area (Å²) >= 11 is 8.78. The van der Waals surface area contributed by atoms with Crippen LogP contribution in [0.5, 0.6) is 0 Å². The monoisotopic (exact) mass is 360 g/mol. The Labute approximate surface area is 115 Å². The van der Waals surface area contributed by atoms with Crippen LogP contribution in [-0.2, 0) is 6.42 Å². The van der Waals surface area contributed by atoms with Gasteiger partial charge in [-0.3, -0.25) is 0 Å². The van der Waals surface area contributed by atoms with E-state index in [4.69, 9.17) is 5.11 Å². The molecule has 1 nitrogen and oxygen atoms in total. The summed E-state index contributed by atoms with van der Waals surface area (Å²) in [4.78, 5) is 0. The first-order valence-corrected chi connectivity index (χ1v) is 7.27. The van der Waals surface area contributed by atoms with Crippen LogP contribution >= 0.6 is 43.2 Å². The van der Waals surface area contributed by atoms with Gasteiger partial charge in [-0.15, -0.1) is 11.3 Å². The van der Waals surface area contributed by atoms with Gasteiger partial charge in [0.2, 0.25) is 0 Å². The van der Waals surface area contributed by atoms with Crippen molar-refractivity contribution in [2.24, 2.45) is 0 Å². The Kier molecular flexibility index (Phi) is 4.19. The molecule has 0 unspecified atom stereocenters. The molecule has 0 aliphatic carbocycles. The number of hydrogen-bond acceptors (Lipinski definition) is 2. The fraction of sp³-hybridized carbons (Fsp3) is 0.167. The molecule has 2 rings (SSSR count). The van der Waals surface area contributed by atoms with Crippen molar-refractivity contribution in [3.05, 3.63) is 43.5 Å². The van der Waals surface area contributed by atoms with E-state index in [1.165, 1.54) is 16.7 Å². The second kappa shape index (κ2) is 5.45. The van der Waals surface area contributed by atoms with Gasteiger partial charge >= 0.3 is 0 Å². The summed E-state index contributed by atoms with van der Waals surface area (Å²) in [6, 6.07) is 10.2. The molecule has 0 saturated carbocycles. The number of halogens is 2. The Morgan fingerprint density at radius 3 is 2.38 bits per heavy atom. The molecule has 0 spiro atoms. The molecule has 1 aromatic carbocycles. The molecule has 0 aliphatic rings. The van der Waals surface area contributed by atoms with Crippen LogP contribution in [0.1, 0.15) is 5.56 Å². The quantitative estimate of drug-likeness (QED) is 0.854. The minimum absolute atomic E-state index is 0.168. The second-order valence-electron chi connectivity index (χ2n) is 3.34. The molecule has 0 bridgehead atoms. The minimum atomic E-state index is 0.168. The maximum Gasteiger partial charge on any atom is 0.0791 e. The minimum Gasteiger partial charge on any atom is -0.396 e. The largest absolute Gasteiger partial charge is 0.396 e. The highest BCUT2D eigenvalue weighted by molar-refractivity contribution is 9.12. The van der Waals surface area contributed by atoms with Gasteiger partial charge in [-0.1, -0.05) is 30.3 Å². The summed E-state index contributed by atoms with van der Waals surface area (Å²) in [6.45, 7) is 0.168. The Bertz CT molecular complexity index is 479. The molecule has 0 fully saturated rings. The van der Waals surface area contributed by atoms with Crippen molar-refractivity contribution in [1.82, 2.24) is 0 Å². The second-order valence-corrected chi connectivity index (χ2v) is 7.00. The molecule has 0 radical (unpaired) electrons. The standard InChI is InChI=1S/C12H10Br2OS/c13-11-9(6-7-15)10(12(14)16-11)8-4-2-1-3-5-8/h1-5,15H,6-7H2. The molecule has 1 heterocycles. The lowest BCUT2D eigenvalue weighted by Crippen LogP contribution is -1.92. The third-order valence-corrected chi connectivity index (χ3v) is 4.99. The highest BCUT2D eigenvalue weighted by Crippen LogP contribution is 2.43. The lowest BCUT2D eigenvalue weighted by molar-refractivity contribution is 0.299. The molecule has 0 amide bonds. The highest BCUT2D eigenvalue weighted by Gasteiger charge is 2.15. The molecule has 1 aromatic heterocycles. The van der Waals surface area contributed by atoms with Crippen molar-refractivity contribution in [2.45, 2.75) is 6.42 Å². The highest BCUT2D eigenvalue weighted by atomic mass is 79.9. The average Bonchev–Trinajstić information content (AvgIpc) is 2.56. The number of thiophene rings is 1. The van der Waals surface area contributed by atoms with E-state index >= 15 is 0 Å².